The second-order valence-corrected chi connectivity index (χ2v) is 14.4. The van der Waals surface area contributed by atoms with E-state index in [1.54, 1.807) is 0 Å². The molecule has 2 aromatic carbocycles. The van der Waals surface area contributed by atoms with Crippen LogP contribution in [0.1, 0.15) is 84.6 Å². The Labute approximate surface area is 317 Å². The fourth-order valence-corrected chi connectivity index (χ4v) is 5.93. The molecule has 0 aliphatic rings. The van der Waals surface area contributed by atoms with Gasteiger partial charge >= 0.3 is 0 Å². The number of hydrogen-bond acceptors (Lipinski definition) is 9. The lowest BCUT2D eigenvalue weighted by molar-refractivity contribution is -0.137. The highest BCUT2D eigenvalue weighted by molar-refractivity contribution is 5.98. The van der Waals surface area contributed by atoms with Crippen LogP contribution in [0.5, 0.6) is 0 Å². The van der Waals surface area contributed by atoms with Crippen molar-refractivity contribution in [2.75, 3.05) is 13.1 Å². The molecule has 0 unspecified atom stereocenters. The van der Waals surface area contributed by atoms with Gasteiger partial charge in [-0.15, -0.1) is 0 Å². The van der Waals surface area contributed by atoms with E-state index >= 15 is 0 Å². The number of amides is 7. The zero-order valence-electron chi connectivity index (χ0n) is 31.9. The molecule has 0 saturated heterocycles. The van der Waals surface area contributed by atoms with Crippen LogP contribution in [0.15, 0.2) is 42.5 Å². The smallest absolute Gasteiger partial charge is 0.246 e. The molecule has 0 radical (unpaired) electrons. The molecule has 16 heteroatoms. The van der Waals surface area contributed by atoms with E-state index in [1.165, 1.54) is 13.8 Å². The number of unbranched alkanes of at least 4 members (excludes halogenated alkanes) is 2. The molecule has 298 valence electrons. The van der Waals surface area contributed by atoms with Crippen LogP contribution < -0.4 is 49.5 Å². The van der Waals surface area contributed by atoms with Crippen LogP contribution >= 0.6 is 0 Å². The first-order valence-corrected chi connectivity index (χ1v) is 18.4. The normalized spacial score (nSPS) is 14.5. The minimum atomic E-state index is -1.53. The maximum atomic E-state index is 14.1. The van der Waals surface area contributed by atoms with E-state index in [9.17, 15) is 33.6 Å². The first-order chi connectivity index (χ1) is 25.4. The summed E-state index contributed by atoms with van der Waals surface area (Å²) in [5.41, 5.74) is 22.3. The summed E-state index contributed by atoms with van der Waals surface area (Å²) in [6.45, 7) is 7.23. The van der Waals surface area contributed by atoms with Gasteiger partial charge in [0.1, 0.15) is 23.7 Å². The van der Waals surface area contributed by atoms with Gasteiger partial charge in [0.25, 0.3) is 0 Å². The first-order valence-electron chi connectivity index (χ1n) is 18.4. The lowest BCUT2D eigenvalue weighted by Crippen LogP contribution is -2.63. The van der Waals surface area contributed by atoms with Crippen molar-refractivity contribution in [2.24, 2.45) is 28.9 Å². The largest absolute Gasteiger partial charge is 0.370 e. The fourth-order valence-electron chi connectivity index (χ4n) is 5.93. The zero-order chi connectivity index (χ0) is 40.4. The minimum Gasteiger partial charge on any atom is -0.370 e. The Morgan fingerprint density at radius 2 is 1.43 bits per heavy atom. The fraction of sp³-hybridized carbons (Fsp3) is 0.553. The van der Waals surface area contributed by atoms with Gasteiger partial charge in [-0.05, 0) is 87.1 Å². The molecule has 2 rings (SSSR count). The average molecular weight is 754 g/mol. The van der Waals surface area contributed by atoms with Crippen LogP contribution in [0.25, 0.3) is 10.8 Å². The number of hydrogen-bond donors (Lipinski definition) is 9. The molecule has 7 amide bonds. The molecule has 0 spiro atoms. The number of carbonyl (C=O) groups is 7. The van der Waals surface area contributed by atoms with Gasteiger partial charge in [-0.1, -0.05) is 56.3 Å². The van der Waals surface area contributed by atoms with Crippen LogP contribution in [0.3, 0.4) is 0 Å². The summed E-state index contributed by atoms with van der Waals surface area (Å²) >= 11 is 0. The van der Waals surface area contributed by atoms with E-state index in [1.807, 2.05) is 56.3 Å². The molecule has 0 heterocycles. The minimum absolute atomic E-state index is 0.0167. The SMILES string of the molecule is CC(=O)NCCCC[C@H](NC(=O)[C@](C)(CCCCN)NC(=O)[C@@H](N)Cc1ccc2ccccc2c1)C(=O)N[C@@H](CC(N)=O)C(=O)N[C@H](CC(C)C)C(N)=O. The van der Waals surface area contributed by atoms with Gasteiger partial charge < -0.3 is 49.5 Å². The van der Waals surface area contributed by atoms with Gasteiger partial charge in [0.15, 0.2) is 0 Å². The van der Waals surface area contributed by atoms with Gasteiger partial charge in [-0.3, -0.25) is 33.6 Å². The molecular formula is C38H59N9O7. The molecule has 0 aliphatic heterocycles. The summed E-state index contributed by atoms with van der Waals surface area (Å²) in [5, 5.41) is 15.2. The summed E-state index contributed by atoms with van der Waals surface area (Å²) < 4.78 is 0. The number of nitrogens with one attached hydrogen (secondary N) is 5. The Balaban J connectivity index is 2.32. The number of nitrogens with two attached hydrogens (primary N) is 4. The number of carbonyl (C=O) groups excluding carboxylic acids is 7. The van der Waals surface area contributed by atoms with Gasteiger partial charge in [0, 0.05) is 13.5 Å². The third-order valence-electron chi connectivity index (χ3n) is 8.96. The second-order valence-electron chi connectivity index (χ2n) is 14.4. The Kier molecular flexibility index (Phi) is 18.5. The summed E-state index contributed by atoms with van der Waals surface area (Å²) in [6.07, 6.45) is 1.87. The van der Waals surface area contributed by atoms with Gasteiger partial charge in [0.05, 0.1) is 12.5 Å². The van der Waals surface area contributed by atoms with E-state index in [0.29, 0.717) is 38.8 Å². The molecule has 0 fully saturated rings. The molecular weight excluding hydrogens is 694 g/mol. The highest BCUT2D eigenvalue weighted by atomic mass is 16.2. The zero-order valence-corrected chi connectivity index (χ0v) is 31.9. The monoisotopic (exact) mass is 753 g/mol. The van der Waals surface area contributed by atoms with Crippen LogP contribution in [-0.2, 0) is 40.0 Å². The lowest BCUT2D eigenvalue weighted by Gasteiger charge is -2.33. The lowest BCUT2D eigenvalue weighted by atomic mass is 9.91. The third-order valence-corrected chi connectivity index (χ3v) is 8.96. The number of fused-ring (bicyclic) bond motifs is 1. The van der Waals surface area contributed by atoms with Crippen LogP contribution in [-0.4, -0.2) is 84.1 Å². The summed E-state index contributed by atoms with van der Waals surface area (Å²) in [6, 6.07) is 8.76. The van der Waals surface area contributed by atoms with Crippen molar-refractivity contribution in [3.05, 3.63) is 48.0 Å². The van der Waals surface area contributed by atoms with E-state index in [0.717, 1.165) is 16.3 Å². The van der Waals surface area contributed by atoms with Crippen molar-refractivity contribution >= 4 is 52.1 Å². The average Bonchev–Trinajstić information content (AvgIpc) is 3.09. The van der Waals surface area contributed by atoms with Gasteiger partial charge in [-0.25, -0.2) is 0 Å². The molecule has 5 atom stereocenters. The second kappa shape index (κ2) is 22.2. The van der Waals surface area contributed by atoms with E-state index in [-0.39, 0.29) is 37.5 Å². The van der Waals surface area contributed by atoms with Crippen LogP contribution in [0.2, 0.25) is 0 Å². The molecule has 0 bridgehead atoms. The standard InChI is InChI=1S/C38H59N9O7/c1-23(2)19-30(33(42)50)44-36(53)31(22-32(41)49)45-35(52)29(13-7-10-18-43-24(3)48)46-37(54)38(4,16-8-9-17-39)47-34(51)28(40)21-25-14-15-26-11-5-6-12-27(26)20-25/h5-6,11-12,14-15,20,23,28-31H,7-10,13,16-19,21-22,39-40H2,1-4H3,(H2,41,49)(H2,42,50)(H,43,48)(H,44,53)(H,45,52)(H,46,54)(H,47,51)/t28-,29-,30+,31-,38-/m0/s1. The van der Waals surface area contributed by atoms with E-state index in [4.69, 9.17) is 22.9 Å². The molecule has 2 aromatic rings. The molecule has 16 nitrogen and oxygen atoms in total. The van der Waals surface area contributed by atoms with Crippen molar-refractivity contribution in [1.29, 1.82) is 0 Å². The molecule has 13 N–H and O–H groups in total. The highest BCUT2D eigenvalue weighted by Crippen LogP contribution is 2.19. The Morgan fingerprint density at radius 3 is 2.04 bits per heavy atom. The first kappa shape index (κ1) is 45.1. The molecule has 0 aromatic heterocycles. The van der Waals surface area contributed by atoms with Crippen molar-refractivity contribution < 1.29 is 33.6 Å². The predicted molar refractivity (Wildman–Crippen MR) is 206 cm³/mol. The topological polar surface area (TPSA) is 284 Å². The van der Waals surface area contributed by atoms with Crippen molar-refractivity contribution in [2.45, 2.75) is 115 Å². The molecule has 0 aliphatic carbocycles. The Morgan fingerprint density at radius 1 is 0.778 bits per heavy atom. The Hall–Kier alpha value is -5.09. The van der Waals surface area contributed by atoms with Gasteiger partial charge in [-0.2, -0.15) is 0 Å². The molecule has 54 heavy (non-hydrogen) atoms. The number of primary amides is 2. The number of benzene rings is 2. The van der Waals surface area contributed by atoms with Crippen LogP contribution in [0.4, 0.5) is 0 Å². The maximum Gasteiger partial charge on any atom is 0.246 e. The quantitative estimate of drug-likeness (QED) is 0.0645. The van der Waals surface area contributed by atoms with Crippen molar-refractivity contribution in [3.63, 3.8) is 0 Å². The summed E-state index contributed by atoms with van der Waals surface area (Å²) in [4.78, 5) is 90.1. The Bertz CT molecular complexity index is 1620. The molecule has 0 saturated carbocycles. The van der Waals surface area contributed by atoms with Crippen LogP contribution in [0, 0.1) is 5.92 Å². The number of rotatable bonds is 24. The predicted octanol–water partition coefficient (Wildman–Crippen LogP) is -0.119. The van der Waals surface area contributed by atoms with E-state index in [2.05, 4.69) is 26.6 Å². The van der Waals surface area contributed by atoms with Crippen molar-refractivity contribution in [3.8, 4) is 0 Å². The summed E-state index contributed by atoms with van der Waals surface area (Å²) in [5.74, 6) is -4.87. The van der Waals surface area contributed by atoms with E-state index < -0.39 is 71.6 Å². The third kappa shape index (κ3) is 15.5. The summed E-state index contributed by atoms with van der Waals surface area (Å²) in [7, 11) is 0. The van der Waals surface area contributed by atoms with Crippen molar-refractivity contribution in [1.82, 2.24) is 26.6 Å². The maximum absolute atomic E-state index is 14.1. The highest BCUT2D eigenvalue weighted by Gasteiger charge is 2.38. The van der Waals surface area contributed by atoms with Gasteiger partial charge in [0.2, 0.25) is 41.4 Å².